The second-order valence-electron chi connectivity index (χ2n) is 10.1. The number of Topliss-reactive ketones (excluding diaryl/α,β-unsaturated/α-hetero) is 1. The third kappa shape index (κ3) is 2.83. The Balaban J connectivity index is 1.56. The molecule has 2 aliphatic heterocycles. The van der Waals surface area contributed by atoms with Gasteiger partial charge in [0.1, 0.15) is 7.05 Å². The van der Waals surface area contributed by atoms with Crippen molar-refractivity contribution in [3.63, 3.8) is 0 Å². The highest BCUT2D eigenvalue weighted by Gasteiger charge is 2.45. The van der Waals surface area contributed by atoms with Crippen LogP contribution >= 0.6 is 0 Å². The van der Waals surface area contributed by atoms with E-state index in [0.29, 0.717) is 0 Å². The molecular formula is C29H30N2O2. The van der Waals surface area contributed by atoms with E-state index in [9.17, 15) is 9.90 Å². The highest BCUT2D eigenvalue weighted by atomic mass is 16.3. The number of carbonyl (C=O) groups is 1. The topological polar surface area (TPSA) is 46.4 Å². The van der Waals surface area contributed by atoms with Gasteiger partial charge in [0.15, 0.2) is 11.5 Å². The van der Waals surface area contributed by atoms with Gasteiger partial charge in [0, 0.05) is 52.2 Å². The molecule has 0 aromatic heterocycles. The predicted molar refractivity (Wildman–Crippen MR) is 131 cm³/mol. The van der Waals surface area contributed by atoms with Crippen LogP contribution in [0.4, 0.5) is 11.4 Å². The van der Waals surface area contributed by atoms with Gasteiger partial charge in [-0.3, -0.25) is 4.79 Å². The van der Waals surface area contributed by atoms with E-state index in [4.69, 9.17) is 0 Å². The minimum atomic E-state index is -0.277. The zero-order valence-electron chi connectivity index (χ0n) is 20.2. The van der Waals surface area contributed by atoms with Crippen molar-refractivity contribution in [3.8, 4) is 0 Å². The Morgan fingerprint density at radius 2 is 1.58 bits per heavy atom. The number of hydrogen-bond donors (Lipinski definition) is 0. The van der Waals surface area contributed by atoms with Gasteiger partial charge in [-0.05, 0) is 38.5 Å². The second kappa shape index (κ2) is 7.05. The molecule has 0 amide bonds. The van der Waals surface area contributed by atoms with Crippen molar-refractivity contribution in [1.82, 2.24) is 0 Å². The predicted octanol–water partition coefficient (Wildman–Crippen LogP) is 4.52. The van der Waals surface area contributed by atoms with Crippen molar-refractivity contribution in [2.45, 2.75) is 45.4 Å². The zero-order valence-corrected chi connectivity index (χ0v) is 20.2. The van der Waals surface area contributed by atoms with Crippen molar-refractivity contribution in [2.75, 3.05) is 18.5 Å². The third-order valence-electron chi connectivity index (χ3n) is 7.60. The second-order valence-corrected chi connectivity index (χ2v) is 10.1. The van der Waals surface area contributed by atoms with Gasteiger partial charge in [-0.15, -0.1) is 0 Å². The largest absolute Gasteiger partial charge is 0.871 e. The molecule has 0 atom stereocenters. The zero-order chi connectivity index (χ0) is 23.7. The molecule has 4 heteroatoms. The van der Waals surface area contributed by atoms with Gasteiger partial charge >= 0.3 is 0 Å². The number of ketones is 1. The van der Waals surface area contributed by atoms with Gasteiger partial charge in [0.2, 0.25) is 5.69 Å². The Labute approximate surface area is 195 Å². The molecule has 5 rings (SSSR count). The first-order valence-corrected chi connectivity index (χ1v) is 11.6. The summed E-state index contributed by atoms with van der Waals surface area (Å²) in [5, 5.41) is 13.2. The van der Waals surface area contributed by atoms with Crippen LogP contribution in [0.15, 0.2) is 83.3 Å². The molecule has 0 N–H and O–H groups in total. The maximum atomic E-state index is 13.2. The number of allylic oxidation sites excluding steroid dienone is 5. The fourth-order valence-corrected chi connectivity index (χ4v) is 5.67. The molecule has 2 aromatic carbocycles. The Kier molecular flexibility index (Phi) is 4.58. The Morgan fingerprint density at radius 1 is 0.939 bits per heavy atom. The van der Waals surface area contributed by atoms with Crippen LogP contribution in [-0.4, -0.2) is 29.7 Å². The molecule has 3 aliphatic rings. The molecule has 2 aromatic rings. The van der Waals surface area contributed by atoms with E-state index in [1.165, 1.54) is 11.1 Å². The summed E-state index contributed by atoms with van der Waals surface area (Å²) in [6.45, 7) is 11.5. The molecule has 0 unspecified atom stereocenters. The van der Waals surface area contributed by atoms with Gasteiger partial charge in [-0.1, -0.05) is 56.0 Å². The van der Waals surface area contributed by atoms with Crippen LogP contribution in [-0.2, 0) is 15.6 Å². The van der Waals surface area contributed by atoms with Crippen molar-refractivity contribution in [3.05, 3.63) is 94.4 Å². The lowest BCUT2D eigenvalue weighted by molar-refractivity contribution is -0.401. The van der Waals surface area contributed by atoms with Gasteiger partial charge in [0.05, 0.1) is 5.41 Å². The summed E-state index contributed by atoms with van der Waals surface area (Å²) in [5.41, 5.74) is 6.67. The van der Waals surface area contributed by atoms with Crippen molar-refractivity contribution in [2.24, 2.45) is 0 Å². The molecule has 0 fully saturated rings. The smallest absolute Gasteiger partial charge is 0.209 e. The molecule has 0 spiro atoms. The van der Waals surface area contributed by atoms with E-state index in [0.717, 1.165) is 29.3 Å². The summed E-state index contributed by atoms with van der Waals surface area (Å²) in [4.78, 5) is 15.4. The average Bonchev–Trinajstić information content (AvgIpc) is 3.14. The SMILES string of the molecule is CCN1/C(=C/C2=C([O-])C(=CC3=[N+](C)c4ccccc4C3(C)C)C2=O)C(C)(C)c2ccccc21. The van der Waals surface area contributed by atoms with Crippen LogP contribution in [0.2, 0.25) is 0 Å². The summed E-state index contributed by atoms with van der Waals surface area (Å²) >= 11 is 0. The van der Waals surface area contributed by atoms with Crippen LogP contribution in [0.3, 0.4) is 0 Å². The van der Waals surface area contributed by atoms with Crippen LogP contribution < -0.4 is 10.0 Å². The van der Waals surface area contributed by atoms with E-state index in [-0.39, 0.29) is 33.5 Å². The maximum absolute atomic E-state index is 13.2. The van der Waals surface area contributed by atoms with Gasteiger partial charge in [-0.25, -0.2) is 0 Å². The van der Waals surface area contributed by atoms with Crippen molar-refractivity contribution >= 4 is 22.9 Å². The summed E-state index contributed by atoms with van der Waals surface area (Å²) in [7, 11) is 2.00. The first-order valence-electron chi connectivity index (χ1n) is 11.6. The minimum absolute atomic E-state index is 0.164. The maximum Gasteiger partial charge on any atom is 0.209 e. The van der Waals surface area contributed by atoms with E-state index in [1.54, 1.807) is 6.08 Å². The van der Waals surface area contributed by atoms with Crippen LogP contribution in [0.1, 0.15) is 45.7 Å². The summed E-state index contributed by atoms with van der Waals surface area (Å²) in [5.74, 6) is -0.328. The highest BCUT2D eigenvalue weighted by molar-refractivity contribution is 6.24. The molecule has 0 radical (unpaired) electrons. The number of para-hydroxylation sites is 2. The van der Waals surface area contributed by atoms with E-state index in [2.05, 4.69) is 68.4 Å². The van der Waals surface area contributed by atoms with E-state index in [1.807, 2.05) is 37.4 Å². The number of fused-ring (bicyclic) bond motifs is 2. The van der Waals surface area contributed by atoms with E-state index >= 15 is 0 Å². The summed E-state index contributed by atoms with van der Waals surface area (Å²) in [6.07, 6.45) is 3.63. The fraction of sp³-hybridized carbons (Fsp3) is 0.310. The molecule has 168 valence electrons. The lowest BCUT2D eigenvalue weighted by Gasteiger charge is -2.32. The minimum Gasteiger partial charge on any atom is -0.871 e. The first-order chi connectivity index (χ1) is 15.6. The van der Waals surface area contributed by atoms with Gasteiger partial charge in [0.25, 0.3) is 0 Å². The van der Waals surface area contributed by atoms with Gasteiger partial charge in [-0.2, -0.15) is 4.58 Å². The van der Waals surface area contributed by atoms with Gasteiger partial charge < -0.3 is 10.0 Å². The van der Waals surface area contributed by atoms with Crippen LogP contribution in [0, 0.1) is 0 Å². The van der Waals surface area contributed by atoms with E-state index < -0.39 is 0 Å². The van der Waals surface area contributed by atoms with Crippen molar-refractivity contribution in [1.29, 1.82) is 0 Å². The number of rotatable bonds is 3. The molecule has 33 heavy (non-hydrogen) atoms. The molecular weight excluding hydrogens is 408 g/mol. The highest BCUT2D eigenvalue weighted by Crippen LogP contribution is 2.48. The number of hydrogen-bond acceptors (Lipinski definition) is 3. The molecule has 4 nitrogen and oxygen atoms in total. The van der Waals surface area contributed by atoms with Crippen LogP contribution in [0.25, 0.3) is 0 Å². The first kappa shape index (κ1) is 21.4. The lowest BCUT2D eigenvalue weighted by Crippen LogP contribution is -2.34. The number of benzene rings is 2. The molecule has 0 saturated carbocycles. The lowest BCUT2D eigenvalue weighted by atomic mass is 9.77. The third-order valence-corrected chi connectivity index (χ3v) is 7.60. The molecule has 0 saturated heterocycles. The number of carbonyl (C=O) groups excluding carboxylic acids is 1. The van der Waals surface area contributed by atoms with Crippen LogP contribution in [0.5, 0.6) is 0 Å². The summed E-state index contributed by atoms with van der Waals surface area (Å²) < 4.78 is 2.09. The fourth-order valence-electron chi connectivity index (χ4n) is 5.67. The number of anilines is 1. The Morgan fingerprint density at radius 3 is 2.21 bits per heavy atom. The number of nitrogens with zero attached hydrogens (tertiary/aromatic N) is 2. The number of likely N-dealkylation sites (N-methyl/N-ethyl adjacent to an activating group) is 1. The monoisotopic (exact) mass is 438 g/mol. The molecule has 1 aliphatic carbocycles. The Bertz CT molecular complexity index is 1330. The normalized spacial score (nSPS) is 22.8. The Hall–Kier alpha value is -3.40. The summed E-state index contributed by atoms with van der Waals surface area (Å²) in [6, 6.07) is 16.5. The van der Waals surface area contributed by atoms with Crippen molar-refractivity contribution < 1.29 is 14.5 Å². The quantitative estimate of drug-likeness (QED) is 0.523. The molecule has 0 bridgehead atoms. The average molecular weight is 439 g/mol. The molecule has 2 heterocycles. The standard InChI is InChI=1S/C29H30N2O2/c1-7-31-23-15-11-9-13-21(23)29(4,5)25(31)17-19-26(32)18(27(19)33)16-24-28(2,3)20-12-8-10-14-22(20)30(24)6/h8-17H,7H2,1-6H3.